The van der Waals surface area contributed by atoms with E-state index < -0.39 is 0 Å². The molecule has 1 heterocycles. The normalized spacial score (nSPS) is 24.9. The van der Waals surface area contributed by atoms with Crippen LogP contribution in [0.25, 0.3) is 0 Å². The van der Waals surface area contributed by atoms with Crippen LogP contribution >= 0.6 is 0 Å². The summed E-state index contributed by atoms with van der Waals surface area (Å²) in [5.74, 6) is 0.351. The molecule has 0 aromatic carbocycles. The van der Waals surface area contributed by atoms with E-state index in [-0.39, 0.29) is 5.41 Å². The van der Waals surface area contributed by atoms with Crippen LogP contribution in [0.3, 0.4) is 0 Å². The summed E-state index contributed by atoms with van der Waals surface area (Å²) in [6.45, 7) is 7.12. The molecule has 1 aliphatic carbocycles. The molecule has 1 saturated carbocycles. The van der Waals surface area contributed by atoms with E-state index >= 15 is 0 Å². The number of likely N-dealkylation sites (tertiary alicyclic amines) is 1. The first-order valence-electron chi connectivity index (χ1n) is 7.56. The van der Waals surface area contributed by atoms with Gasteiger partial charge in [-0.3, -0.25) is 4.79 Å². The minimum Gasteiger partial charge on any atom is -0.342 e. The maximum Gasteiger partial charge on any atom is 0.223 e. The van der Waals surface area contributed by atoms with Crippen LogP contribution in [-0.4, -0.2) is 30.4 Å². The lowest BCUT2D eigenvalue weighted by Crippen LogP contribution is -2.43. The zero-order chi connectivity index (χ0) is 13.2. The van der Waals surface area contributed by atoms with Gasteiger partial charge in [0.05, 0.1) is 0 Å². The Bertz CT molecular complexity index is 300. The quantitative estimate of drug-likeness (QED) is 0.817. The maximum absolute atomic E-state index is 12.4. The Morgan fingerprint density at radius 2 is 1.83 bits per heavy atom. The number of nitrogens with zero attached hydrogens (tertiary/aromatic N) is 1. The van der Waals surface area contributed by atoms with Gasteiger partial charge >= 0.3 is 0 Å². The summed E-state index contributed by atoms with van der Waals surface area (Å²) in [5.41, 5.74) is 6.40. The van der Waals surface area contributed by atoms with E-state index in [2.05, 4.69) is 18.7 Å². The molecule has 104 valence electrons. The second kappa shape index (κ2) is 5.20. The van der Waals surface area contributed by atoms with Crippen LogP contribution in [0.1, 0.15) is 58.8 Å². The van der Waals surface area contributed by atoms with Gasteiger partial charge in [-0.15, -0.1) is 0 Å². The minimum atomic E-state index is 0.154. The predicted molar refractivity (Wildman–Crippen MR) is 74.2 cm³/mol. The number of rotatable bonds is 5. The van der Waals surface area contributed by atoms with Crippen LogP contribution in [0.15, 0.2) is 0 Å². The molecule has 2 fully saturated rings. The second-order valence-corrected chi connectivity index (χ2v) is 6.51. The Kier molecular flexibility index (Phi) is 4.00. The van der Waals surface area contributed by atoms with Gasteiger partial charge in [-0.25, -0.2) is 0 Å². The van der Waals surface area contributed by atoms with Crippen molar-refractivity contribution in [2.24, 2.45) is 16.6 Å². The highest BCUT2D eigenvalue weighted by molar-refractivity contribution is 5.77. The molecule has 1 saturated heterocycles. The molecule has 0 atom stereocenters. The van der Waals surface area contributed by atoms with Crippen LogP contribution in [-0.2, 0) is 4.79 Å². The molecule has 3 nitrogen and oxygen atoms in total. The summed E-state index contributed by atoms with van der Waals surface area (Å²) in [5, 5.41) is 0. The largest absolute Gasteiger partial charge is 0.342 e. The highest BCUT2D eigenvalue weighted by atomic mass is 16.2. The van der Waals surface area contributed by atoms with Crippen LogP contribution in [0.4, 0.5) is 0 Å². The molecule has 18 heavy (non-hydrogen) atoms. The highest BCUT2D eigenvalue weighted by Crippen LogP contribution is 2.44. The van der Waals surface area contributed by atoms with E-state index in [1.165, 1.54) is 25.7 Å². The summed E-state index contributed by atoms with van der Waals surface area (Å²) in [4.78, 5) is 14.5. The van der Waals surface area contributed by atoms with Crippen LogP contribution in [0, 0.1) is 10.8 Å². The second-order valence-electron chi connectivity index (χ2n) is 6.51. The average Bonchev–Trinajstić information content (AvgIpc) is 2.79. The lowest BCUT2D eigenvalue weighted by atomic mass is 9.66. The van der Waals surface area contributed by atoms with Gasteiger partial charge < -0.3 is 10.6 Å². The van der Waals surface area contributed by atoms with Crippen molar-refractivity contribution in [3.8, 4) is 0 Å². The molecule has 1 aliphatic heterocycles. The first kappa shape index (κ1) is 13.9. The zero-order valence-corrected chi connectivity index (χ0v) is 12.0. The Balaban J connectivity index is 1.91. The van der Waals surface area contributed by atoms with Crippen LogP contribution in [0.2, 0.25) is 0 Å². The molecule has 2 N–H and O–H groups in total. The van der Waals surface area contributed by atoms with Gasteiger partial charge in [-0.1, -0.05) is 20.3 Å². The molecule has 2 aliphatic rings. The average molecular weight is 252 g/mol. The summed E-state index contributed by atoms with van der Waals surface area (Å²) >= 11 is 0. The molecular weight excluding hydrogens is 224 g/mol. The number of hydrogen-bond donors (Lipinski definition) is 1. The molecule has 0 spiro atoms. The minimum absolute atomic E-state index is 0.154. The standard InChI is InChI=1S/C15H28N2O/c1-3-14(4-2)8-9-17(12-14)13(18)10-15(11-16)6-5-7-15/h3-12,16H2,1-2H3. The first-order valence-corrected chi connectivity index (χ1v) is 7.56. The Hall–Kier alpha value is -0.570. The lowest BCUT2D eigenvalue weighted by Gasteiger charge is -2.41. The van der Waals surface area contributed by atoms with E-state index in [0.717, 1.165) is 25.9 Å². The van der Waals surface area contributed by atoms with Crippen molar-refractivity contribution in [3.63, 3.8) is 0 Å². The topological polar surface area (TPSA) is 46.3 Å². The number of nitrogens with two attached hydrogens (primary N) is 1. The number of hydrogen-bond acceptors (Lipinski definition) is 2. The smallest absolute Gasteiger partial charge is 0.223 e. The SMILES string of the molecule is CCC1(CC)CCN(C(=O)CC2(CN)CCC2)C1. The van der Waals surface area contributed by atoms with Gasteiger partial charge in [0.25, 0.3) is 0 Å². The summed E-state index contributed by atoms with van der Waals surface area (Å²) in [6.07, 6.45) is 7.79. The van der Waals surface area contributed by atoms with Gasteiger partial charge in [0.2, 0.25) is 5.91 Å². The number of carbonyl (C=O) groups is 1. The van der Waals surface area contributed by atoms with E-state index in [0.29, 0.717) is 24.3 Å². The fourth-order valence-electron chi connectivity index (χ4n) is 3.54. The molecule has 3 heteroatoms. The zero-order valence-electron chi connectivity index (χ0n) is 12.0. The molecule has 0 radical (unpaired) electrons. The summed E-state index contributed by atoms with van der Waals surface area (Å²) in [7, 11) is 0. The molecule has 0 aromatic heterocycles. The van der Waals surface area contributed by atoms with E-state index in [1.807, 2.05) is 0 Å². The number of carbonyl (C=O) groups excluding carboxylic acids is 1. The van der Waals surface area contributed by atoms with Crippen molar-refractivity contribution >= 4 is 5.91 Å². The van der Waals surface area contributed by atoms with Crippen molar-refractivity contribution in [1.29, 1.82) is 0 Å². The highest BCUT2D eigenvalue weighted by Gasteiger charge is 2.42. The molecule has 2 rings (SSSR count). The fraction of sp³-hybridized carbons (Fsp3) is 0.933. The third kappa shape index (κ3) is 2.42. The van der Waals surface area contributed by atoms with Crippen molar-refractivity contribution < 1.29 is 4.79 Å². The van der Waals surface area contributed by atoms with Crippen molar-refractivity contribution in [2.75, 3.05) is 19.6 Å². The van der Waals surface area contributed by atoms with Crippen molar-refractivity contribution in [1.82, 2.24) is 4.90 Å². The third-order valence-corrected chi connectivity index (χ3v) is 5.66. The molecule has 1 amide bonds. The van der Waals surface area contributed by atoms with Crippen LogP contribution < -0.4 is 5.73 Å². The van der Waals surface area contributed by atoms with E-state index in [9.17, 15) is 4.79 Å². The van der Waals surface area contributed by atoms with Gasteiger partial charge in [0, 0.05) is 19.5 Å². The Labute approximate surface area is 111 Å². The molecule has 0 unspecified atom stereocenters. The van der Waals surface area contributed by atoms with Gasteiger partial charge in [0.15, 0.2) is 0 Å². The van der Waals surface area contributed by atoms with Gasteiger partial charge in [0.1, 0.15) is 0 Å². The van der Waals surface area contributed by atoms with Crippen molar-refractivity contribution in [3.05, 3.63) is 0 Å². The summed E-state index contributed by atoms with van der Waals surface area (Å²) < 4.78 is 0. The molecule has 0 aromatic rings. The fourth-order valence-corrected chi connectivity index (χ4v) is 3.54. The first-order chi connectivity index (χ1) is 8.59. The lowest BCUT2D eigenvalue weighted by molar-refractivity contribution is -0.134. The monoisotopic (exact) mass is 252 g/mol. The van der Waals surface area contributed by atoms with Gasteiger partial charge in [-0.2, -0.15) is 0 Å². The number of amides is 1. The summed E-state index contributed by atoms with van der Waals surface area (Å²) in [6, 6.07) is 0. The third-order valence-electron chi connectivity index (χ3n) is 5.66. The van der Waals surface area contributed by atoms with Crippen LogP contribution in [0.5, 0.6) is 0 Å². The molecule has 0 bridgehead atoms. The Morgan fingerprint density at radius 3 is 2.22 bits per heavy atom. The van der Waals surface area contributed by atoms with E-state index in [1.54, 1.807) is 0 Å². The molecular formula is C15H28N2O. The van der Waals surface area contributed by atoms with Gasteiger partial charge in [-0.05, 0) is 49.5 Å². The van der Waals surface area contributed by atoms with Crippen molar-refractivity contribution in [2.45, 2.75) is 58.8 Å². The Morgan fingerprint density at radius 1 is 1.17 bits per heavy atom. The predicted octanol–water partition coefficient (Wildman–Crippen LogP) is 2.54. The van der Waals surface area contributed by atoms with E-state index in [4.69, 9.17) is 5.73 Å². The maximum atomic E-state index is 12.4.